The molecule has 128 valence electrons. The smallest absolute Gasteiger partial charge is 0.160 e. The molecule has 2 heterocycles. The topological polar surface area (TPSA) is 35.9 Å². The molecule has 0 unspecified atom stereocenters. The molecular weight excluding hydrogens is 288 g/mol. The molecule has 4 nitrogen and oxygen atoms in total. The molecule has 1 fully saturated rings. The minimum absolute atomic E-state index is 0.259. The van der Waals surface area contributed by atoms with Crippen LogP contribution in [0, 0.1) is 5.41 Å². The number of fused-ring (bicyclic) bond motifs is 3. The molecular formula is C19H30N2O2. The highest BCUT2D eigenvalue weighted by Crippen LogP contribution is 2.40. The van der Waals surface area contributed by atoms with E-state index in [1.807, 2.05) is 12.1 Å². The van der Waals surface area contributed by atoms with E-state index in [1.54, 1.807) is 7.11 Å². The summed E-state index contributed by atoms with van der Waals surface area (Å²) in [6.07, 6.45) is 2.23. The molecule has 2 atom stereocenters. The van der Waals surface area contributed by atoms with E-state index in [9.17, 15) is 5.11 Å². The Labute approximate surface area is 140 Å². The number of likely N-dealkylation sites (N-methyl/N-ethyl adjacent to an activating group) is 1. The molecule has 23 heavy (non-hydrogen) atoms. The Morgan fingerprint density at radius 1 is 1.26 bits per heavy atom. The number of hydrogen-bond donors (Lipinski definition) is 1. The number of ether oxygens (including phenoxy) is 1. The molecule has 4 heteroatoms. The molecule has 2 aliphatic heterocycles. The molecule has 0 spiro atoms. The average molecular weight is 318 g/mol. The second kappa shape index (κ2) is 5.99. The van der Waals surface area contributed by atoms with Crippen LogP contribution in [0.1, 0.15) is 44.4 Å². The SMILES string of the molecule is COc1cc2c(cc1O)CCN1C[C@@H](CC(C)(C)C)N(C)C[C@@H]21. The molecule has 0 aromatic heterocycles. The Morgan fingerprint density at radius 3 is 2.65 bits per heavy atom. The summed E-state index contributed by atoms with van der Waals surface area (Å²) in [5.41, 5.74) is 2.95. The normalized spacial score (nSPS) is 25.8. The van der Waals surface area contributed by atoms with E-state index in [0.29, 0.717) is 23.2 Å². The summed E-state index contributed by atoms with van der Waals surface area (Å²) < 4.78 is 5.32. The minimum Gasteiger partial charge on any atom is -0.504 e. The van der Waals surface area contributed by atoms with Gasteiger partial charge in [-0.15, -0.1) is 0 Å². The fraction of sp³-hybridized carbons (Fsp3) is 0.684. The summed E-state index contributed by atoms with van der Waals surface area (Å²) in [4.78, 5) is 5.13. The third kappa shape index (κ3) is 3.33. The van der Waals surface area contributed by atoms with Crippen molar-refractivity contribution in [2.75, 3.05) is 33.8 Å². The number of methoxy groups -OCH3 is 1. The van der Waals surface area contributed by atoms with Gasteiger partial charge in [0.1, 0.15) is 0 Å². The van der Waals surface area contributed by atoms with Crippen molar-refractivity contribution < 1.29 is 9.84 Å². The lowest BCUT2D eigenvalue weighted by Gasteiger charge is -2.49. The fourth-order valence-corrected chi connectivity index (χ4v) is 4.13. The number of hydrogen-bond acceptors (Lipinski definition) is 4. The number of phenolic OH excluding ortho intramolecular Hbond substituents is 1. The van der Waals surface area contributed by atoms with Gasteiger partial charge in [0.15, 0.2) is 11.5 Å². The van der Waals surface area contributed by atoms with Gasteiger partial charge >= 0.3 is 0 Å². The highest BCUT2D eigenvalue weighted by Gasteiger charge is 2.37. The zero-order valence-corrected chi connectivity index (χ0v) is 15.1. The first-order valence-electron chi connectivity index (χ1n) is 8.62. The Bertz CT molecular complexity index is 579. The first kappa shape index (κ1) is 16.6. The zero-order valence-electron chi connectivity index (χ0n) is 15.1. The molecule has 0 aliphatic carbocycles. The van der Waals surface area contributed by atoms with Crippen LogP contribution in [0.5, 0.6) is 11.5 Å². The standard InChI is InChI=1S/C19H30N2O2/c1-19(2,3)10-14-11-21-7-6-13-8-17(22)18(23-5)9-15(13)16(21)12-20(14)4/h8-9,14,16,22H,6-7,10-12H2,1-5H3/t14-,16+/m1/s1. The van der Waals surface area contributed by atoms with E-state index in [0.717, 1.165) is 26.1 Å². The molecule has 1 N–H and O–H groups in total. The second-order valence-electron chi connectivity index (χ2n) is 8.34. The van der Waals surface area contributed by atoms with E-state index in [4.69, 9.17) is 4.74 Å². The molecule has 1 aromatic carbocycles. The molecule has 3 rings (SSSR count). The quantitative estimate of drug-likeness (QED) is 0.909. The third-order valence-corrected chi connectivity index (χ3v) is 5.29. The number of nitrogens with zero attached hydrogens (tertiary/aromatic N) is 2. The van der Waals surface area contributed by atoms with Crippen LogP contribution in [0.15, 0.2) is 12.1 Å². The van der Waals surface area contributed by atoms with Crippen molar-refractivity contribution in [3.63, 3.8) is 0 Å². The predicted molar refractivity (Wildman–Crippen MR) is 93.2 cm³/mol. The maximum atomic E-state index is 10.0. The van der Waals surface area contributed by atoms with Gasteiger partial charge in [0, 0.05) is 31.7 Å². The van der Waals surface area contributed by atoms with Crippen molar-refractivity contribution in [3.05, 3.63) is 23.3 Å². The van der Waals surface area contributed by atoms with E-state index in [2.05, 4.69) is 37.6 Å². The average Bonchev–Trinajstić information content (AvgIpc) is 2.46. The highest BCUT2D eigenvalue weighted by molar-refractivity contribution is 5.49. The lowest BCUT2D eigenvalue weighted by Crippen LogP contribution is -2.55. The van der Waals surface area contributed by atoms with Crippen LogP contribution in [-0.2, 0) is 6.42 Å². The maximum absolute atomic E-state index is 10.0. The summed E-state index contributed by atoms with van der Waals surface area (Å²) in [6, 6.07) is 4.97. The largest absolute Gasteiger partial charge is 0.504 e. The predicted octanol–water partition coefficient (Wildman–Crippen LogP) is 3.05. The van der Waals surface area contributed by atoms with Crippen molar-refractivity contribution in [1.82, 2.24) is 9.80 Å². The lowest BCUT2D eigenvalue weighted by molar-refractivity contribution is 0.0213. The van der Waals surface area contributed by atoms with Gasteiger partial charge in [0.2, 0.25) is 0 Å². The summed E-state index contributed by atoms with van der Waals surface area (Å²) in [5, 5.41) is 10.0. The summed E-state index contributed by atoms with van der Waals surface area (Å²) >= 11 is 0. The lowest BCUT2D eigenvalue weighted by atomic mass is 9.84. The monoisotopic (exact) mass is 318 g/mol. The van der Waals surface area contributed by atoms with Gasteiger partial charge < -0.3 is 14.7 Å². The number of phenols is 1. The first-order valence-corrected chi connectivity index (χ1v) is 8.62. The van der Waals surface area contributed by atoms with Gasteiger partial charge in [0.25, 0.3) is 0 Å². The maximum Gasteiger partial charge on any atom is 0.160 e. The molecule has 0 bridgehead atoms. The second-order valence-corrected chi connectivity index (χ2v) is 8.34. The van der Waals surface area contributed by atoms with Crippen LogP contribution in [0.25, 0.3) is 0 Å². The van der Waals surface area contributed by atoms with E-state index < -0.39 is 0 Å². The highest BCUT2D eigenvalue weighted by atomic mass is 16.5. The van der Waals surface area contributed by atoms with Crippen LogP contribution in [0.4, 0.5) is 0 Å². The van der Waals surface area contributed by atoms with Gasteiger partial charge in [-0.1, -0.05) is 20.8 Å². The molecule has 1 saturated heterocycles. The minimum atomic E-state index is 0.259. The van der Waals surface area contributed by atoms with Crippen LogP contribution in [0.3, 0.4) is 0 Å². The third-order valence-electron chi connectivity index (χ3n) is 5.29. The van der Waals surface area contributed by atoms with Gasteiger partial charge in [-0.25, -0.2) is 0 Å². The summed E-state index contributed by atoms with van der Waals surface area (Å²) in [7, 11) is 3.87. The van der Waals surface area contributed by atoms with E-state index >= 15 is 0 Å². The molecule has 0 amide bonds. The number of aromatic hydroxyl groups is 1. The first-order chi connectivity index (χ1) is 10.8. The number of rotatable bonds is 2. The Kier molecular flexibility index (Phi) is 4.32. The summed E-state index contributed by atoms with van der Waals surface area (Å²) in [6.45, 7) is 10.2. The number of benzene rings is 1. The molecule has 2 aliphatic rings. The molecule has 1 aromatic rings. The molecule has 0 radical (unpaired) electrons. The Morgan fingerprint density at radius 2 is 2.00 bits per heavy atom. The molecule has 0 saturated carbocycles. The van der Waals surface area contributed by atoms with Crippen molar-refractivity contribution in [3.8, 4) is 11.5 Å². The van der Waals surface area contributed by atoms with Gasteiger partial charge in [-0.05, 0) is 48.6 Å². The van der Waals surface area contributed by atoms with E-state index in [-0.39, 0.29) is 5.75 Å². The Balaban J connectivity index is 1.85. The van der Waals surface area contributed by atoms with Gasteiger partial charge in [-0.2, -0.15) is 0 Å². The van der Waals surface area contributed by atoms with Gasteiger partial charge in [0.05, 0.1) is 7.11 Å². The van der Waals surface area contributed by atoms with Crippen molar-refractivity contribution in [2.45, 2.75) is 45.7 Å². The van der Waals surface area contributed by atoms with E-state index in [1.165, 1.54) is 17.5 Å². The zero-order chi connectivity index (χ0) is 16.8. The van der Waals surface area contributed by atoms with Crippen molar-refractivity contribution >= 4 is 0 Å². The Hall–Kier alpha value is -1.26. The summed E-state index contributed by atoms with van der Waals surface area (Å²) in [5.74, 6) is 0.847. The van der Waals surface area contributed by atoms with Crippen LogP contribution in [-0.4, -0.2) is 54.7 Å². The van der Waals surface area contributed by atoms with Crippen LogP contribution >= 0.6 is 0 Å². The fourth-order valence-electron chi connectivity index (χ4n) is 4.13. The van der Waals surface area contributed by atoms with Crippen molar-refractivity contribution in [1.29, 1.82) is 0 Å². The number of piperazine rings is 1. The van der Waals surface area contributed by atoms with Crippen LogP contribution < -0.4 is 4.74 Å². The van der Waals surface area contributed by atoms with Crippen molar-refractivity contribution in [2.24, 2.45) is 5.41 Å². The van der Waals surface area contributed by atoms with Gasteiger partial charge in [-0.3, -0.25) is 4.90 Å². The van der Waals surface area contributed by atoms with Crippen LogP contribution in [0.2, 0.25) is 0 Å².